The highest BCUT2D eigenvalue weighted by Crippen LogP contribution is 2.23. The van der Waals surface area contributed by atoms with Crippen LogP contribution in [0.25, 0.3) is 11.2 Å². The molecular weight excluding hydrogens is 345 g/mol. The predicted molar refractivity (Wildman–Crippen MR) is 99.7 cm³/mol. The van der Waals surface area contributed by atoms with E-state index in [4.69, 9.17) is 0 Å². The molecule has 2 aromatic heterocycles. The lowest BCUT2D eigenvalue weighted by atomic mass is 9.91. The molecule has 0 radical (unpaired) electrons. The molecule has 0 aliphatic carbocycles. The van der Waals surface area contributed by atoms with Crippen LogP contribution < -0.4 is 0 Å². The molecule has 4 rings (SSSR count). The summed E-state index contributed by atoms with van der Waals surface area (Å²) in [5, 5.41) is 7.97. The number of piperidine rings is 1. The molecule has 1 saturated heterocycles. The van der Waals surface area contributed by atoms with Gasteiger partial charge in [-0.3, -0.25) is 4.79 Å². The molecule has 0 bridgehead atoms. The molecule has 7 heteroatoms. The van der Waals surface area contributed by atoms with E-state index in [1.54, 1.807) is 36.1 Å². The van der Waals surface area contributed by atoms with E-state index >= 15 is 0 Å². The Kier molecular flexibility index (Phi) is 4.83. The Bertz CT molecular complexity index is 970. The molecule has 3 aromatic rings. The normalized spacial score (nSPS) is 17.4. The van der Waals surface area contributed by atoms with Gasteiger partial charge in [-0.1, -0.05) is 17.3 Å². The first kappa shape index (κ1) is 17.6. The molecule has 6 nitrogen and oxygen atoms in total. The molecule has 140 valence electrons. The minimum Gasteiger partial charge on any atom is -0.338 e. The molecule has 1 atom stereocenters. The molecule has 1 unspecified atom stereocenters. The number of halogens is 1. The van der Waals surface area contributed by atoms with Gasteiger partial charge in [-0.05, 0) is 55.4 Å². The first-order chi connectivity index (χ1) is 13.1. The zero-order valence-electron chi connectivity index (χ0n) is 15.3. The smallest absolute Gasteiger partial charge is 0.255 e. The number of hydrogen-bond donors (Lipinski definition) is 0. The minimum atomic E-state index is -0.195. The van der Waals surface area contributed by atoms with Gasteiger partial charge in [0.1, 0.15) is 11.3 Å². The number of likely N-dealkylation sites (tertiary alicyclic amines) is 1. The van der Waals surface area contributed by atoms with Crippen LogP contribution in [-0.4, -0.2) is 43.9 Å². The average molecular weight is 367 g/mol. The molecule has 27 heavy (non-hydrogen) atoms. The van der Waals surface area contributed by atoms with E-state index in [-0.39, 0.29) is 11.7 Å². The van der Waals surface area contributed by atoms with Crippen LogP contribution >= 0.6 is 0 Å². The molecular formula is C20H22FN5O. The Labute approximate surface area is 157 Å². The first-order valence-corrected chi connectivity index (χ1v) is 9.29. The van der Waals surface area contributed by atoms with E-state index in [2.05, 4.69) is 15.3 Å². The molecule has 1 amide bonds. The lowest BCUT2D eigenvalue weighted by Crippen LogP contribution is -2.40. The zero-order chi connectivity index (χ0) is 18.8. The standard InChI is InChI=1S/C20H22FN5O/c1-25-19-18(23-24-25)11-16(12-22-19)20(27)26-9-3-5-15(13-26)8-7-14-4-2-6-17(21)10-14/h2,4,6,10-12,15H,3,5,7-9,13H2,1H3. The Hall–Kier alpha value is -2.83. The van der Waals surface area contributed by atoms with Gasteiger partial charge in [-0.2, -0.15) is 0 Å². The van der Waals surface area contributed by atoms with Gasteiger partial charge in [0.15, 0.2) is 5.65 Å². The van der Waals surface area contributed by atoms with E-state index in [9.17, 15) is 9.18 Å². The molecule has 1 aliphatic rings. The van der Waals surface area contributed by atoms with Crippen LogP contribution in [0.2, 0.25) is 0 Å². The van der Waals surface area contributed by atoms with Gasteiger partial charge in [-0.15, -0.1) is 5.10 Å². The van der Waals surface area contributed by atoms with Crippen molar-refractivity contribution in [2.45, 2.75) is 25.7 Å². The second-order valence-electron chi connectivity index (χ2n) is 7.21. The van der Waals surface area contributed by atoms with Crippen molar-refractivity contribution in [3.8, 4) is 0 Å². The molecule has 3 heterocycles. The summed E-state index contributed by atoms with van der Waals surface area (Å²) >= 11 is 0. The van der Waals surface area contributed by atoms with Crippen molar-refractivity contribution in [3.63, 3.8) is 0 Å². The van der Waals surface area contributed by atoms with Gasteiger partial charge in [0.2, 0.25) is 0 Å². The van der Waals surface area contributed by atoms with Gasteiger partial charge < -0.3 is 4.90 Å². The lowest BCUT2D eigenvalue weighted by Gasteiger charge is -2.33. The number of nitrogens with zero attached hydrogens (tertiary/aromatic N) is 5. The Morgan fingerprint density at radius 1 is 1.33 bits per heavy atom. The highest BCUT2D eigenvalue weighted by molar-refractivity contribution is 5.96. The van der Waals surface area contributed by atoms with Gasteiger partial charge in [0.05, 0.1) is 5.56 Å². The van der Waals surface area contributed by atoms with Crippen molar-refractivity contribution in [2.75, 3.05) is 13.1 Å². The highest BCUT2D eigenvalue weighted by atomic mass is 19.1. The van der Waals surface area contributed by atoms with Crippen LogP contribution in [0.15, 0.2) is 36.5 Å². The largest absolute Gasteiger partial charge is 0.338 e. The first-order valence-electron chi connectivity index (χ1n) is 9.29. The second-order valence-corrected chi connectivity index (χ2v) is 7.21. The van der Waals surface area contributed by atoms with Crippen molar-refractivity contribution in [3.05, 3.63) is 53.5 Å². The van der Waals surface area contributed by atoms with Gasteiger partial charge in [-0.25, -0.2) is 14.1 Å². The molecule has 0 saturated carbocycles. The molecule has 1 aromatic carbocycles. The van der Waals surface area contributed by atoms with E-state index < -0.39 is 0 Å². The predicted octanol–water partition coefficient (Wildman–Crippen LogP) is 2.99. The number of fused-ring (bicyclic) bond motifs is 1. The number of carbonyl (C=O) groups excluding carboxylic acids is 1. The van der Waals surface area contributed by atoms with Crippen LogP contribution in [0.4, 0.5) is 4.39 Å². The summed E-state index contributed by atoms with van der Waals surface area (Å²) in [6, 6.07) is 8.52. The topological polar surface area (TPSA) is 63.9 Å². The minimum absolute atomic E-state index is 0.00879. The summed E-state index contributed by atoms with van der Waals surface area (Å²) in [5.41, 5.74) is 2.85. The lowest BCUT2D eigenvalue weighted by molar-refractivity contribution is 0.0668. The summed E-state index contributed by atoms with van der Waals surface area (Å²) < 4.78 is 14.9. The summed E-state index contributed by atoms with van der Waals surface area (Å²) in [6.07, 6.45) is 5.47. The quantitative estimate of drug-likeness (QED) is 0.711. The third-order valence-corrected chi connectivity index (χ3v) is 5.22. The Morgan fingerprint density at radius 3 is 3.07 bits per heavy atom. The van der Waals surface area contributed by atoms with Gasteiger partial charge in [0, 0.05) is 26.3 Å². The Balaban J connectivity index is 1.41. The van der Waals surface area contributed by atoms with Crippen LogP contribution in [0.1, 0.15) is 35.2 Å². The number of aryl methyl sites for hydroxylation is 2. The maximum atomic E-state index is 13.3. The van der Waals surface area contributed by atoms with E-state index in [0.29, 0.717) is 22.6 Å². The van der Waals surface area contributed by atoms with Crippen molar-refractivity contribution in [1.29, 1.82) is 0 Å². The molecule has 1 fully saturated rings. The summed E-state index contributed by atoms with van der Waals surface area (Å²) in [7, 11) is 1.78. The van der Waals surface area contributed by atoms with E-state index in [1.165, 1.54) is 6.07 Å². The monoisotopic (exact) mass is 367 g/mol. The summed E-state index contributed by atoms with van der Waals surface area (Å²) in [5.74, 6) is 0.226. The average Bonchev–Trinajstić information content (AvgIpc) is 3.06. The third kappa shape index (κ3) is 3.82. The fraction of sp³-hybridized carbons (Fsp3) is 0.400. The zero-order valence-corrected chi connectivity index (χ0v) is 15.3. The van der Waals surface area contributed by atoms with Crippen LogP contribution in [0.5, 0.6) is 0 Å². The number of rotatable bonds is 4. The molecule has 0 spiro atoms. The maximum Gasteiger partial charge on any atom is 0.255 e. The van der Waals surface area contributed by atoms with Crippen LogP contribution in [0.3, 0.4) is 0 Å². The fourth-order valence-electron chi connectivity index (χ4n) is 3.77. The molecule has 1 aliphatic heterocycles. The van der Waals surface area contributed by atoms with Crippen molar-refractivity contribution in [2.24, 2.45) is 13.0 Å². The highest BCUT2D eigenvalue weighted by Gasteiger charge is 2.25. The van der Waals surface area contributed by atoms with Crippen molar-refractivity contribution < 1.29 is 9.18 Å². The van der Waals surface area contributed by atoms with Gasteiger partial charge >= 0.3 is 0 Å². The number of pyridine rings is 1. The number of amides is 1. The fourth-order valence-corrected chi connectivity index (χ4v) is 3.77. The summed E-state index contributed by atoms with van der Waals surface area (Å²) in [6.45, 7) is 1.49. The van der Waals surface area contributed by atoms with Crippen LogP contribution in [0, 0.1) is 11.7 Å². The van der Waals surface area contributed by atoms with Gasteiger partial charge in [0.25, 0.3) is 5.91 Å². The molecule has 0 N–H and O–H groups in total. The van der Waals surface area contributed by atoms with E-state index in [0.717, 1.165) is 44.3 Å². The van der Waals surface area contributed by atoms with Crippen molar-refractivity contribution >= 4 is 17.1 Å². The number of benzene rings is 1. The number of aromatic nitrogens is 4. The van der Waals surface area contributed by atoms with Crippen molar-refractivity contribution in [1.82, 2.24) is 24.9 Å². The number of hydrogen-bond acceptors (Lipinski definition) is 4. The number of carbonyl (C=O) groups is 1. The Morgan fingerprint density at radius 2 is 2.22 bits per heavy atom. The maximum absolute atomic E-state index is 13.3. The third-order valence-electron chi connectivity index (χ3n) is 5.22. The van der Waals surface area contributed by atoms with Crippen LogP contribution in [-0.2, 0) is 13.5 Å². The van der Waals surface area contributed by atoms with E-state index in [1.807, 2.05) is 11.0 Å². The summed E-state index contributed by atoms with van der Waals surface area (Å²) in [4.78, 5) is 19.1. The SMILES string of the molecule is Cn1nnc2cc(C(=O)N3CCCC(CCc4cccc(F)c4)C3)cnc21. The second kappa shape index (κ2) is 7.42.